The molecule has 3 unspecified atom stereocenters. The molecule has 0 saturated heterocycles. The van der Waals surface area contributed by atoms with E-state index in [1.807, 2.05) is 12.1 Å². The molecule has 0 heterocycles. The molecule has 3 heteroatoms. The zero-order valence-corrected chi connectivity index (χ0v) is 11.1. The van der Waals surface area contributed by atoms with E-state index in [1.54, 1.807) is 7.11 Å². The molecule has 1 saturated carbocycles. The van der Waals surface area contributed by atoms with Gasteiger partial charge in [-0.15, -0.1) is 0 Å². The van der Waals surface area contributed by atoms with Gasteiger partial charge in [0.05, 0.1) is 13.0 Å². The summed E-state index contributed by atoms with van der Waals surface area (Å²) in [5.74, 6) is 0.901. The summed E-state index contributed by atoms with van der Waals surface area (Å²) in [4.78, 5) is 10.9. The summed E-state index contributed by atoms with van der Waals surface area (Å²) in [6, 6.07) is 6.09. The molecule has 0 bridgehead atoms. The molecule has 1 N–H and O–H groups in total. The number of carbonyl (C=O) groups is 1. The third-order valence-electron chi connectivity index (χ3n) is 3.98. The highest BCUT2D eigenvalue weighted by atomic mass is 16.5. The van der Waals surface area contributed by atoms with E-state index in [4.69, 9.17) is 9.84 Å². The Morgan fingerprint density at radius 3 is 2.78 bits per heavy atom. The second kappa shape index (κ2) is 5.01. The number of aliphatic carboxylic acids is 1. The monoisotopic (exact) mass is 248 g/mol. The van der Waals surface area contributed by atoms with Crippen LogP contribution in [0.2, 0.25) is 0 Å². The Bertz CT molecular complexity index is 453. The molecule has 0 radical (unpaired) electrons. The van der Waals surface area contributed by atoms with E-state index in [9.17, 15) is 4.79 Å². The molecule has 98 valence electrons. The maximum Gasteiger partial charge on any atom is 0.306 e. The first-order valence-electron chi connectivity index (χ1n) is 6.39. The summed E-state index contributed by atoms with van der Waals surface area (Å²) in [5, 5.41) is 8.94. The standard InChI is InChI=1S/C15H20O3/c1-9-7-12(18-3)5-4-11(9)6-10(2)13-8-14(13)15(16)17/h4-5,7,10,13-14H,6,8H2,1-3H3,(H,16,17). The van der Waals surface area contributed by atoms with Gasteiger partial charge < -0.3 is 9.84 Å². The van der Waals surface area contributed by atoms with E-state index >= 15 is 0 Å². The zero-order valence-electron chi connectivity index (χ0n) is 11.1. The number of hydrogen-bond acceptors (Lipinski definition) is 2. The average molecular weight is 248 g/mol. The van der Waals surface area contributed by atoms with Crippen molar-refractivity contribution >= 4 is 5.97 Å². The predicted octanol–water partition coefficient (Wildman–Crippen LogP) is 2.90. The molecule has 3 nitrogen and oxygen atoms in total. The normalized spacial score (nSPS) is 23.5. The Morgan fingerprint density at radius 1 is 1.56 bits per heavy atom. The van der Waals surface area contributed by atoms with Crippen molar-refractivity contribution in [2.24, 2.45) is 17.8 Å². The predicted molar refractivity (Wildman–Crippen MR) is 69.8 cm³/mol. The van der Waals surface area contributed by atoms with Crippen molar-refractivity contribution in [3.63, 3.8) is 0 Å². The van der Waals surface area contributed by atoms with Gasteiger partial charge in [0, 0.05) is 0 Å². The van der Waals surface area contributed by atoms with Crippen molar-refractivity contribution in [1.29, 1.82) is 0 Å². The second-order valence-electron chi connectivity index (χ2n) is 5.32. The highest BCUT2D eigenvalue weighted by molar-refractivity contribution is 5.73. The molecule has 2 rings (SSSR count). The van der Waals surface area contributed by atoms with Gasteiger partial charge in [-0.2, -0.15) is 0 Å². The van der Waals surface area contributed by atoms with E-state index in [0.29, 0.717) is 11.8 Å². The maximum atomic E-state index is 10.9. The highest BCUT2D eigenvalue weighted by Gasteiger charge is 2.46. The van der Waals surface area contributed by atoms with Crippen LogP contribution in [0, 0.1) is 24.7 Å². The van der Waals surface area contributed by atoms with Crippen molar-refractivity contribution in [3.8, 4) is 5.75 Å². The Morgan fingerprint density at radius 2 is 2.28 bits per heavy atom. The minimum Gasteiger partial charge on any atom is -0.497 e. The van der Waals surface area contributed by atoms with E-state index in [2.05, 4.69) is 19.9 Å². The van der Waals surface area contributed by atoms with Crippen molar-refractivity contribution in [1.82, 2.24) is 0 Å². The van der Waals surface area contributed by atoms with Crippen LogP contribution in [0.4, 0.5) is 0 Å². The van der Waals surface area contributed by atoms with Crippen LogP contribution in [0.5, 0.6) is 5.75 Å². The van der Waals surface area contributed by atoms with Gasteiger partial charge in [0.25, 0.3) is 0 Å². The lowest BCUT2D eigenvalue weighted by atomic mass is 9.93. The fraction of sp³-hybridized carbons (Fsp3) is 0.533. The van der Waals surface area contributed by atoms with Gasteiger partial charge in [0.2, 0.25) is 0 Å². The number of rotatable bonds is 5. The third kappa shape index (κ3) is 2.66. The van der Waals surface area contributed by atoms with Crippen molar-refractivity contribution in [2.45, 2.75) is 26.7 Å². The van der Waals surface area contributed by atoms with Gasteiger partial charge in [-0.05, 0) is 54.9 Å². The van der Waals surface area contributed by atoms with Crippen molar-refractivity contribution in [2.75, 3.05) is 7.11 Å². The summed E-state index contributed by atoms with van der Waals surface area (Å²) >= 11 is 0. The first-order chi connectivity index (χ1) is 8.52. The Balaban J connectivity index is 2.00. The molecule has 1 aliphatic carbocycles. The van der Waals surface area contributed by atoms with Crippen LogP contribution >= 0.6 is 0 Å². The average Bonchev–Trinajstić information content (AvgIpc) is 3.11. The fourth-order valence-electron chi connectivity index (χ4n) is 2.65. The summed E-state index contributed by atoms with van der Waals surface area (Å²) in [6.07, 6.45) is 1.79. The van der Waals surface area contributed by atoms with E-state index in [1.165, 1.54) is 11.1 Å². The number of methoxy groups -OCH3 is 1. The molecule has 1 aromatic carbocycles. The second-order valence-corrected chi connectivity index (χ2v) is 5.32. The van der Waals surface area contributed by atoms with Crippen LogP contribution in [-0.2, 0) is 11.2 Å². The molecular weight excluding hydrogens is 228 g/mol. The van der Waals surface area contributed by atoms with E-state index in [0.717, 1.165) is 18.6 Å². The van der Waals surface area contributed by atoms with E-state index < -0.39 is 5.97 Å². The van der Waals surface area contributed by atoms with Crippen molar-refractivity contribution in [3.05, 3.63) is 29.3 Å². The molecule has 0 spiro atoms. The quantitative estimate of drug-likeness (QED) is 0.871. The van der Waals surface area contributed by atoms with Crippen LogP contribution in [0.15, 0.2) is 18.2 Å². The molecular formula is C15H20O3. The summed E-state index contributed by atoms with van der Waals surface area (Å²) < 4.78 is 5.19. The zero-order chi connectivity index (χ0) is 13.3. The van der Waals surface area contributed by atoms with Crippen LogP contribution in [0.25, 0.3) is 0 Å². The Labute approximate surface area is 108 Å². The minimum absolute atomic E-state index is 0.112. The number of benzene rings is 1. The number of ether oxygens (including phenoxy) is 1. The summed E-state index contributed by atoms with van der Waals surface area (Å²) in [6.45, 7) is 4.23. The molecule has 1 fully saturated rings. The molecule has 0 aromatic heterocycles. The molecule has 1 aromatic rings. The summed E-state index contributed by atoms with van der Waals surface area (Å²) in [7, 11) is 1.67. The van der Waals surface area contributed by atoms with Crippen LogP contribution in [0.1, 0.15) is 24.5 Å². The number of carboxylic acids is 1. The third-order valence-corrected chi connectivity index (χ3v) is 3.98. The SMILES string of the molecule is COc1ccc(CC(C)C2CC2C(=O)O)c(C)c1. The molecule has 1 aliphatic rings. The van der Waals surface area contributed by atoms with Gasteiger partial charge in [-0.3, -0.25) is 4.79 Å². The smallest absolute Gasteiger partial charge is 0.306 e. The first kappa shape index (κ1) is 12.9. The lowest BCUT2D eigenvalue weighted by Crippen LogP contribution is -2.09. The number of carboxylic acid groups (broad SMARTS) is 1. The van der Waals surface area contributed by atoms with Crippen LogP contribution in [0.3, 0.4) is 0 Å². The van der Waals surface area contributed by atoms with Gasteiger partial charge in [-0.25, -0.2) is 0 Å². The van der Waals surface area contributed by atoms with Crippen LogP contribution in [-0.4, -0.2) is 18.2 Å². The molecule has 3 atom stereocenters. The van der Waals surface area contributed by atoms with Crippen LogP contribution < -0.4 is 4.74 Å². The van der Waals surface area contributed by atoms with Crippen molar-refractivity contribution < 1.29 is 14.6 Å². The Kier molecular flexibility index (Phi) is 3.60. The van der Waals surface area contributed by atoms with Gasteiger partial charge in [-0.1, -0.05) is 13.0 Å². The molecule has 0 aliphatic heterocycles. The number of aryl methyl sites for hydroxylation is 1. The first-order valence-corrected chi connectivity index (χ1v) is 6.39. The van der Waals surface area contributed by atoms with E-state index in [-0.39, 0.29) is 5.92 Å². The lowest BCUT2D eigenvalue weighted by molar-refractivity contribution is -0.139. The highest BCUT2D eigenvalue weighted by Crippen LogP contribution is 2.45. The Hall–Kier alpha value is -1.51. The van der Waals surface area contributed by atoms with Gasteiger partial charge in [0.15, 0.2) is 0 Å². The minimum atomic E-state index is -0.640. The molecule has 0 amide bonds. The topological polar surface area (TPSA) is 46.5 Å². The number of hydrogen-bond donors (Lipinski definition) is 1. The summed E-state index contributed by atoms with van der Waals surface area (Å²) in [5.41, 5.74) is 2.51. The fourth-order valence-corrected chi connectivity index (χ4v) is 2.65. The van der Waals surface area contributed by atoms with Gasteiger partial charge >= 0.3 is 5.97 Å². The van der Waals surface area contributed by atoms with Gasteiger partial charge in [0.1, 0.15) is 5.75 Å². The lowest BCUT2D eigenvalue weighted by Gasteiger charge is -2.13. The maximum absolute atomic E-state index is 10.9. The molecule has 18 heavy (non-hydrogen) atoms. The largest absolute Gasteiger partial charge is 0.497 e.